The van der Waals surface area contributed by atoms with E-state index in [1.165, 1.54) is 19.3 Å². The van der Waals surface area contributed by atoms with E-state index in [-0.39, 0.29) is 28.9 Å². The molecule has 8 nitrogen and oxygen atoms in total. The summed E-state index contributed by atoms with van der Waals surface area (Å²) in [7, 11) is -2.44. The van der Waals surface area contributed by atoms with Crippen LogP contribution in [0, 0.1) is 5.92 Å². The number of piperidine rings is 2. The SMILES string of the molecule is CC1CCN(C(=O)c2cc(S(=O)(=O)N(C)CC(=O)N3CCCCC3)c[nH]2)CC1. The summed E-state index contributed by atoms with van der Waals surface area (Å²) in [5.41, 5.74) is 0.267. The van der Waals surface area contributed by atoms with Crippen LogP contribution in [0.2, 0.25) is 0 Å². The quantitative estimate of drug-likeness (QED) is 0.796. The van der Waals surface area contributed by atoms with Crippen LogP contribution in [-0.2, 0) is 14.8 Å². The second-order valence-electron chi connectivity index (χ2n) is 7.93. The van der Waals surface area contributed by atoms with Crippen molar-refractivity contribution >= 4 is 21.8 Å². The van der Waals surface area contributed by atoms with Crippen LogP contribution in [0.1, 0.15) is 49.5 Å². The zero-order chi connectivity index (χ0) is 20.3. The summed E-state index contributed by atoms with van der Waals surface area (Å²) in [6.45, 7) is 4.72. The smallest absolute Gasteiger partial charge is 0.270 e. The molecule has 0 saturated carbocycles. The number of nitrogens with one attached hydrogen (secondary N) is 1. The second kappa shape index (κ2) is 8.65. The molecule has 9 heteroatoms. The summed E-state index contributed by atoms with van der Waals surface area (Å²) in [6, 6.07) is 1.37. The number of likely N-dealkylation sites (N-methyl/N-ethyl adjacent to an activating group) is 1. The van der Waals surface area contributed by atoms with Crippen molar-refractivity contribution in [1.82, 2.24) is 19.1 Å². The fourth-order valence-corrected chi connectivity index (χ4v) is 4.84. The van der Waals surface area contributed by atoms with Gasteiger partial charge in [-0.05, 0) is 44.1 Å². The number of sulfonamides is 1. The van der Waals surface area contributed by atoms with Gasteiger partial charge in [-0.15, -0.1) is 0 Å². The van der Waals surface area contributed by atoms with E-state index in [1.54, 1.807) is 9.80 Å². The molecule has 0 aromatic carbocycles. The molecule has 0 unspecified atom stereocenters. The number of H-pyrrole nitrogens is 1. The Labute approximate surface area is 166 Å². The Morgan fingerprint density at radius 2 is 1.75 bits per heavy atom. The van der Waals surface area contributed by atoms with Gasteiger partial charge in [-0.3, -0.25) is 9.59 Å². The van der Waals surface area contributed by atoms with Crippen LogP contribution in [0.3, 0.4) is 0 Å². The Kier molecular flexibility index (Phi) is 6.44. The first-order chi connectivity index (χ1) is 13.3. The zero-order valence-electron chi connectivity index (χ0n) is 16.7. The van der Waals surface area contributed by atoms with E-state index in [0.29, 0.717) is 32.1 Å². The Morgan fingerprint density at radius 1 is 1.11 bits per heavy atom. The summed E-state index contributed by atoms with van der Waals surface area (Å²) < 4.78 is 26.7. The molecule has 0 bridgehead atoms. The van der Waals surface area contributed by atoms with E-state index < -0.39 is 10.0 Å². The predicted octanol–water partition coefficient (Wildman–Crippen LogP) is 1.52. The molecule has 2 aliphatic heterocycles. The number of hydrogen-bond donors (Lipinski definition) is 1. The van der Waals surface area contributed by atoms with Crippen LogP contribution in [0.5, 0.6) is 0 Å². The largest absolute Gasteiger partial charge is 0.356 e. The Bertz CT molecular complexity index is 806. The number of hydrogen-bond acceptors (Lipinski definition) is 4. The molecule has 0 spiro atoms. The van der Waals surface area contributed by atoms with Gasteiger partial charge in [-0.2, -0.15) is 4.31 Å². The molecule has 156 valence electrons. The number of amides is 2. The molecular formula is C19H30N4O4S. The van der Waals surface area contributed by atoms with E-state index >= 15 is 0 Å². The van der Waals surface area contributed by atoms with Gasteiger partial charge < -0.3 is 14.8 Å². The third kappa shape index (κ3) is 4.57. The Morgan fingerprint density at radius 3 is 2.39 bits per heavy atom. The highest BCUT2D eigenvalue weighted by Gasteiger charge is 2.29. The van der Waals surface area contributed by atoms with E-state index in [9.17, 15) is 18.0 Å². The topological polar surface area (TPSA) is 93.8 Å². The highest BCUT2D eigenvalue weighted by molar-refractivity contribution is 7.89. The molecule has 2 amide bonds. The highest BCUT2D eigenvalue weighted by Crippen LogP contribution is 2.21. The predicted molar refractivity (Wildman–Crippen MR) is 105 cm³/mol. The van der Waals surface area contributed by atoms with Gasteiger partial charge in [0.1, 0.15) is 10.6 Å². The van der Waals surface area contributed by atoms with Crippen LogP contribution < -0.4 is 0 Å². The van der Waals surface area contributed by atoms with Crippen LogP contribution in [0.4, 0.5) is 0 Å². The molecule has 2 fully saturated rings. The minimum absolute atomic E-state index is 0.00942. The molecule has 0 radical (unpaired) electrons. The van der Waals surface area contributed by atoms with Crippen molar-refractivity contribution in [3.05, 3.63) is 18.0 Å². The number of likely N-dealkylation sites (tertiary alicyclic amines) is 2. The maximum atomic E-state index is 12.8. The van der Waals surface area contributed by atoms with Crippen molar-refractivity contribution in [3.8, 4) is 0 Å². The molecule has 1 N–H and O–H groups in total. The summed E-state index contributed by atoms with van der Waals surface area (Å²) in [5.74, 6) is 0.246. The Balaban J connectivity index is 1.65. The molecule has 0 atom stereocenters. The van der Waals surface area contributed by atoms with Gasteiger partial charge in [0.05, 0.1) is 6.54 Å². The monoisotopic (exact) mass is 410 g/mol. The van der Waals surface area contributed by atoms with Crippen molar-refractivity contribution in [1.29, 1.82) is 0 Å². The zero-order valence-corrected chi connectivity index (χ0v) is 17.5. The first-order valence-corrected chi connectivity index (χ1v) is 11.4. The van der Waals surface area contributed by atoms with Crippen LogP contribution in [0.15, 0.2) is 17.2 Å². The number of aromatic amines is 1. The number of aromatic nitrogens is 1. The minimum atomic E-state index is -3.84. The molecule has 28 heavy (non-hydrogen) atoms. The molecule has 0 aliphatic carbocycles. The normalized spacial score (nSPS) is 19.2. The maximum absolute atomic E-state index is 12.8. The molecule has 3 heterocycles. The van der Waals surface area contributed by atoms with Gasteiger partial charge >= 0.3 is 0 Å². The molecule has 2 aliphatic rings. The molecule has 3 rings (SSSR count). The van der Waals surface area contributed by atoms with Gasteiger partial charge in [0, 0.05) is 39.4 Å². The summed E-state index contributed by atoms with van der Waals surface area (Å²) in [4.78, 5) is 31.3. The van der Waals surface area contributed by atoms with E-state index in [4.69, 9.17) is 0 Å². The highest BCUT2D eigenvalue weighted by atomic mass is 32.2. The first kappa shape index (κ1) is 20.9. The molecule has 2 saturated heterocycles. The third-order valence-corrected chi connectivity index (χ3v) is 7.51. The fourth-order valence-electron chi connectivity index (χ4n) is 3.73. The average molecular weight is 411 g/mol. The van der Waals surface area contributed by atoms with Crippen molar-refractivity contribution in [2.24, 2.45) is 5.92 Å². The minimum Gasteiger partial charge on any atom is -0.356 e. The first-order valence-electron chi connectivity index (χ1n) is 10.0. The number of rotatable bonds is 5. The maximum Gasteiger partial charge on any atom is 0.270 e. The third-order valence-electron chi connectivity index (χ3n) is 5.73. The average Bonchev–Trinajstić information content (AvgIpc) is 3.19. The number of carbonyl (C=O) groups is 2. The lowest BCUT2D eigenvalue weighted by atomic mass is 9.99. The lowest BCUT2D eigenvalue weighted by Crippen LogP contribution is -2.43. The lowest BCUT2D eigenvalue weighted by molar-refractivity contribution is -0.132. The van der Waals surface area contributed by atoms with Gasteiger partial charge in [0.25, 0.3) is 5.91 Å². The van der Waals surface area contributed by atoms with Gasteiger partial charge in [-0.1, -0.05) is 6.92 Å². The van der Waals surface area contributed by atoms with Gasteiger partial charge in [-0.25, -0.2) is 8.42 Å². The molecule has 1 aromatic heterocycles. The summed E-state index contributed by atoms with van der Waals surface area (Å²) in [5, 5.41) is 0. The van der Waals surface area contributed by atoms with E-state index in [2.05, 4.69) is 11.9 Å². The van der Waals surface area contributed by atoms with Crippen molar-refractivity contribution < 1.29 is 18.0 Å². The number of nitrogens with zero attached hydrogens (tertiary/aromatic N) is 3. The summed E-state index contributed by atoms with van der Waals surface area (Å²) in [6.07, 6.45) is 6.27. The van der Waals surface area contributed by atoms with Crippen LogP contribution >= 0.6 is 0 Å². The van der Waals surface area contributed by atoms with Gasteiger partial charge in [0.2, 0.25) is 15.9 Å². The lowest BCUT2D eigenvalue weighted by Gasteiger charge is -2.29. The van der Waals surface area contributed by atoms with Crippen LogP contribution in [-0.4, -0.2) is 79.1 Å². The van der Waals surface area contributed by atoms with Gasteiger partial charge in [0.15, 0.2) is 0 Å². The summed E-state index contributed by atoms with van der Waals surface area (Å²) >= 11 is 0. The van der Waals surface area contributed by atoms with Crippen molar-refractivity contribution in [3.63, 3.8) is 0 Å². The Hall–Kier alpha value is -1.87. The second-order valence-corrected chi connectivity index (χ2v) is 9.97. The van der Waals surface area contributed by atoms with Crippen molar-refractivity contribution in [2.75, 3.05) is 39.8 Å². The molecule has 1 aromatic rings. The molecular weight excluding hydrogens is 380 g/mol. The van der Waals surface area contributed by atoms with E-state index in [1.807, 2.05) is 0 Å². The number of carbonyl (C=O) groups excluding carboxylic acids is 2. The van der Waals surface area contributed by atoms with E-state index in [0.717, 1.165) is 36.4 Å². The fraction of sp³-hybridized carbons (Fsp3) is 0.684. The van der Waals surface area contributed by atoms with Crippen LogP contribution in [0.25, 0.3) is 0 Å². The standard InChI is InChI=1S/C19H30N4O4S/c1-15-6-10-23(11-7-15)19(25)17-12-16(13-20-17)28(26,27)21(2)14-18(24)22-8-4-3-5-9-22/h12-13,15,20H,3-11,14H2,1-2H3. The van der Waals surface area contributed by atoms with Crippen molar-refractivity contribution in [2.45, 2.75) is 43.9 Å².